The van der Waals surface area contributed by atoms with E-state index >= 15 is 0 Å². The summed E-state index contributed by atoms with van der Waals surface area (Å²) >= 11 is 24.1. The topological polar surface area (TPSA) is 200 Å². The van der Waals surface area contributed by atoms with Gasteiger partial charge in [-0.15, -0.1) is 0 Å². The molecule has 0 aliphatic carbocycles. The molecule has 5 aromatic rings. The van der Waals surface area contributed by atoms with Crippen LogP contribution in [0.4, 0.5) is 60.5 Å². The zero-order chi connectivity index (χ0) is 51.8. The molecule has 70 heavy (non-hydrogen) atoms. The van der Waals surface area contributed by atoms with Crippen LogP contribution in [0.2, 0.25) is 20.1 Å². The Balaban J connectivity index is 1.33. The van der Waals surface area contributed by atoms with Crippen molar-refractivity contribution in [1.29, 1.82) is 0 Å². The van der Waals surface area contributed by atoms with Crippen LogP contribution in [0.25, 0.3) is 0 Å². The predicted molar refractivity (Wildman–Crippen MR) is 252 cm³/mol. The zero-order valence-corrected chi connectivity index (χ0v) is 39.7. The van der Waals surface area contributed by atoms with E-state index in [1.54, 1.807) is 13.8 Å². The van der Waals surface area contributed by atoms with Gasteiger partial charge >= 0.3 is 12.4 Å². The lowest BCUT2D eigenvalue weighted by Gasteiger charge is -2.20. The number of ketones is 2. The minimum Gasteiger partial charge on any atom is -0.323 e. The SMILES string of the molecule is CCc1c(NC(=O)C(N=Nc2cc(C(=O)Nc3cccc(Cl)c3C(F)(F)F)ccc2Cl)C(C)=O)ccc(NC(=O)C(N=Nc2cc(C(=O)Nc3cccc(Cl)c3C(F)(F)F)ccc2Cl)C(C)=O)c1CC. The van der Waals surface area contributed by atoms with Crippen molar-refractivity contribution in [2.24, 2.45) is 20.5 Å². The monoisotopic (exact) mass is 1050 g/mol. The van der Waals surface area contributed by atoms with Crippen LogP contribution in [0.5, 0.6) is 0 Å². The molecule has 0 saturated carbocycles. The van der Waals surface area contributed by atoms with Crippen LogP contribution in [0.1, 0.15) is 70.7 Å². The van der Waals surface area contributed by atoms with E-state index in [9.17, 15) is 55.1 Å². The zero-order valence-electron chi connectivity index (χ0n) is 36.7. The number of halogens is 10. The van der Waals surface area contributed by atoms with Gasteiger partial charge in [0.2, 0.25) is 12.1 Å². The molecule has 24 heteroatoms. The number of amides is 4. The minimum absolute atomic E-state index is 0.0877. The molecule has 0 bridgehead atoms. The Bertz CT molecular complexity index is 2770. The van der Waals surface area contributed by atoms with E-state index < -0.39 is 92.2 Å². The molecular weight excluding hydrogens is 1020 g/mol. The largest absolute Gasteiger partial charge is 0.419 e. The van der Waals surface area contributed by atoms with Gasteiger partial charge in [-0.3, -0.25) is 28.8 Å². The summed E-state index contributed by atoms with van der Waals surface area (Å²) in [7, 11) is 0. The van der Waals surface area contributed by atoms with E-state index in [2.05, 4.69) is 41.7 Å². The molecule has 0 radical (unpaired) electrons. The van der Waals surface area contributed by atoms with Gasteiger partial charge in [0.05, 0.1) is 42.6 Å². The molecule has 0 aromatic heterocycles. The Labute approximate surface area is 414 Å². The highest BCUT2D eigenvalue weighted by atomic mass is 35.5. The van der Waals surface area contributed by atoms with E-state index in [1.165, 1.54) is 48.5 Å². The number of Topliss-reactive ketones (excluding diaryl/α,β-unsaturated/α-hetero) is 2. The summed E-state index contributed by atoms with van der Waals surface area (Å²) in [5, 5.41) is 23.7. The highest BCUT2D eigenvalue weighted by Crippen LogP contribution is 2.42. The summed E-state index contributed by atoms with van der Waals surface area (Å²) in [5.41, 5.74) is -3.14. The second-order valence-corrected chi connectivity index (χ2v) is 16.5. The Hall–Kier alpha value is -6.74. The average Bonchev–Trinajstić information content (AvgIpc) is 3.26. The highest BCUT2D eigenvalue weighted by molar-refractivity contribution is 6.34. The van der Waals surface area contributed by atoms with Gasteiger partial charge in [0, 0.05) is 22.5 Å². The van der Waals surface area contributed by atoms with Crippen LogP contribution in [-0.4, -0.2) is 47.3 Å². The third-order valence-corrected chi connectivity index (χ3v) is 11.3. The molecule has 5 rings (SSSR count). The molecule has 5 aromatic carbocycles. The van der Waals surface area contributed by atoms with Crippen molar-refractivity contribution in [1.82, 2.24) is 0 Å². The maximum atomic E-state index is 13.7. The van der Waals surface area contributed by atoms with Gasteiger partial charge in [0.15, 0.2) is 11.6 Å². The fraction of sp³-hybridized carbons (Fsp3) is 0.217. The number of hydrogen-bond acceptors (Lipinski definition) is 10. The normalized spacial score (nSPS) is 12.7. The minimum atomic E-state index is -4.90. The van der Waals surface area contributed by atoms with Gasteiger partial charge in [0.1, 0.15) is 11.4 Å². The number of alkyl halides is 6. The number of hydrogen-bond donors (Lipinski definition) is 4. The van der Waals surface area contributed by atoms with Gasteiger partial charge in [-0.1, -0.05) is 72.4 Å². The summed E-state index contributed by atoms with van der Waals surface area (Å²) < 4.78 is 82.1. The van der Waals surface area contributed by atoms with Crippen molar-refractivity contribution in [3.8, 4) is 0 Å². The van der Waals surface area contributed by atoms with E-state index in [0.29, 0.717) is 11.1 Å². The van der Waals surface area contributed by atoms with Crippen molar-refractivity contribution in [3.05, 3.63) is 138 Å². The maximum absolute atomic E-state index is 13.7. The Morgan fingerprint density at radius 2 is 0.857 bits per heavy atom. The quantitative estimate of drug-likeness (QED) is 0.0430. The number of azo groups is 2. The number of nitrogens with one attached hydrogen (secondary N) is 4. The van der Waals surface area contributed by atoms with Gasteiger partial charge in [-0.2, -0.15) is 46.8 Å². The van der Waals surface area contributed by atoms with E-state index in [0.717, 1.165) is 50.2 Å². The number of benzene rings is 5. The lowest BCUT2D eigenvalue weighted by molar-refractivity contribution is -0.137. The van der Waals surface area contributed by atoms with Gasteiger partial charge < -0.3 is 21.3 Å². The molecule has 4 N–H and O–H groups in total. The molecule has 2 atom stereocenters. The lowest BCUT2D eigenvalue weighted by atomic mass is 9.98. The fourth-order valence-corrected chi connectivity index (χ4v) is 7.57. The van der Waals surface area contributed by atoms with E-state index in [4.69, 9.17) is 46.4 Å². The molecule has 366 valence electrons. The summed E-state index contributed by atoms with van der Waals surface area (Å²) in [6, 6.07) is 12.8. The molecule has 0 aliphatic heterocycles. The first-order valence-corrected chi connectivity index (χ1v) is 21.9. The second kappa shape index (κ2) is 22.8. The fourth-order valence-electron chi connectivity index (χ4n) is 6.70. The first kappa shape index (κ1) is 54.2. The van der Waals surface area contributed by atoms with Crippen LogP contribution >= 0.6 is 46.4 Å². The molecule has 0 aliphatic rings. The van der Waals surface area contributed by atoms with Crippen molar-refractivity contribution in [2.75, 3.05) is 21.3 Å². The summed E-state index contributed by atoms with van der Waals surface area (Å²) in [6.07, 6.45) is -9.25. The van der Waals surface area contributed by atoms with Crippen LogP contribution in [-0.2, 0) is 44.4 Å². The Kier molecular flexibility index (Phi) is 17.6. The summed E-state index contributed by atoms with van der Waals surface area (Å²) in [4.78, 5) is 78.7. The molecular formula is C46H36Cl4F6N8O6. The third-order valence-electron chi connectivity index (χ3n) is 9.99. The van der Waals surface area contributed by atoms with Gasteiger partial charge in [0.25, 0.3) is 23.6 Å². The molecule has 4 amide bonds. The number of carbonyl (C=O) groups excluding carboxylic acids is 6. The molecule has 0 fully saturated rings. The molecule has 14 nitrogen and oxygen atoms in total. The number of anilines is 4. The Morgan fingerprint density at radius 3 is 1.17 bits per heavy atom. The molecule has 2 unspecified atom stereocenters. The highest BCUT2D eigenvalue weighted by Gasteiger charge is 2.38. The van der Waals surface area contributed by atoms with Crippen molar-refractivity contribution < 1.29 is 55.1 Å². The van der Waals surface area contributed by atoms with Crippen LogP contribution in [0.3, 0.4) is 0 Å². The van der Waals surface area contributed by atoms with Crippen LogP contribution in [0.15, 0.2) is 105 Å². The molecule has 0 saturated heterocycles. The first-order chi connectivity index (χ1) is 32.9. The standard InChI is InChI=1S/C46H36Cl4F6N8O6/c1-5-25-26(6-2)32(58-44(70)40(22(4)66)64-62-36-20-24(14-16-28(36)48)42(68)60-34-12-8-10-30(50)38(34)46(54,55)56)18-17-31(25)57-43(69)39(21(3)65)63-61-35-19-23(13-15-27(35)47)41(67)59-33-11-7-9-29(49)37(33)45(51,52)53/h7-20,39-40H,5-6H2,1-4H3,(H,57,69)(H,58,70)(H,59,67)(H,60,68). The van der Waals surface area contributed by atoms with Gasteiger partial charge in [-0.25, -0.2) is 0 Å². The first-order valence-electron chi connectivity index (χ1n) is 20.4. The van der Waals surface area contributed by atoms with Crippen LogP contribution < -0.4 is 21.3 Å². The van der Waals surface area contributed by atoms with E-state index in [1.807, 2.05) is 0 Å². The molecule has 0 spiro atoms. The second-order valence-electron chi connectivity index (χ2n) is 14.8. The van der Waals surface area contributed by atoms with Gasteiger partial charge in [-0.05, 0) is 111 Å². The number of nitrogens with zero attached hydrogens (tertiary/aromatic N) is 4. The van der Waals surface area contributed by atoms with Crippen molar-refractivity contribution >= 4 is 116 Å². The number of carbonyl (C=O) groups is 6. The summed E-state index contributed by atoms with van der Waals surface area (Å²) in [5.74, 6) is -5.40. The predicted octanol–water partition coefficient (Wildman–Crippen LogP) is 13.3. The third kappa shape index (κ3) is 13.1. The Morgan fingerprint density at radius 1 is 0.500 bits per heavy atom. The van der Waals surface area contributed by atoms with Crippen LogP contribution in [0, 0.1) is 0 Å². The average molecular weight is 1050 g/mol. The lowest BCUT2D eigenvalue weighted by Crippen LogP contribution is -2.33. The smallest absolute Gasteiger partial charge is 0.323 e. The van der Waals surface area contributed by atoms with E-state index in [-0.39, 0.29) is 56.8 Å². The summed E-state index contributed by atoms with van der Waals surface area (Å²) in [6.45, 7) is 5.62. The number of rotatable bonds is 16. The van der Waals surface area contributed by atoms with Crippen molar-refractivity contribution in [2.45, 2.75) is 65.0 Å². The maximum Gasteiger partial charge on any atom is 0.419 e. The van der Waals surface area contributed by atoms with Crippen molar-refractivity contribution in [3.63, 3.8) is 0 Å². The molecule has 0 heterocycles.